The van der Waals surface area contributed by atoms with Crippen LogP contribution in [0, 0.1) is 0 Å². The summed E-state index contributed by atoms with van der Waals surface area (Å²) in [6.07, 6.45) is 2.57. The first kappa shape index (κ1) is 27.0. The number of carbonyl (C=O) groups excluding carboxylic acids is 1. The number of H-pyrrole nitrogens is 1. The molecule has 2 aromatic heterocycles. The number of nitrogens with zero attached hydrogens (tertiary/aromatic N) is 4. The first-order valence-electron chi connectivity index (χ1n) is 13.7. The van der Waals surface area contributed by atoms with Gasteiger partial charge in [-0.3, -0.25) is 4.79 Å². The molecule has 1 amide bonds. The van der Waals surface area contributed by atoms with E-state index in [1.165, 1.54) is 5.56 Å². The lowest BCUT2D eigenvalue weighted by Crippen LogP contribution is -2.45. The van der Waals surface area contributed by atoms with Crippen LogP contribution in [-0.4, -0.2) is 75.5 Å². The number of phenols is 1. The van der Waals surface area contributed by atoms with Gasteiger partial charge >= 0.3 is 0 Å². The van der Waals surface area contributed by atoms with Crippen LogP contribution < -0.4 is 5.32 Å². The maximum atomic E-state index is 13.2. The van der Waals surface area contributed by atoms with E-state index in [1.54, 1.807) is 36.5 Å². The summed E-state index contributed by atoms with van der Waals surface area (Å²) < 4.78 is 0. The molecule has 0 spiro atoms. The summed E-state index contributed by atoms with van der Waals surface area (Å²) in [4.78, 5) is 30.1. The number of hydrogen-bond acceptors (Lipinski definition) is 6. The average molecular weight is 567 g/mol. The molecule has 1 aliphatic rings. The third-order valence-corrected chi connectivity index (χ3v) is 7.86. The SMILES string of the molecule is CN1CCN(CCc2cccc(NC(=O)c3ccc4nc(-c5cc(-c6cccnc6Cl)ccc5O)[nH]c4c3)c2)CC1. The molecule has 3 heterocycles. The number of carbonyl (C=O) groups is 1. The van der Waals surface area contributed by atoms with Gasteiger partial charge in [0.25, 0.3) is 5.91 Å². The van der Waals surface area contributed by atoms with E-state index in [0.717, 1.165) is 56.0 Å². The van der Waals surface area contributed by atoms with Crippen molar-refractivity contribution in [1.82, 2.24) is 24.8 Å². The molecule has 0 bridgehead atoms. The van der Waals surface area contributed by atoms with E-state index in [4.69, 9.17) is 11.6 Å². The number of rotatable bonds is 7. The molecule has 9 heteroatoms. The number of anilines is 1. The Labute approximate surface area is 243 Å². The second kappa shape index (κ2) is 11.7. The molecule has 0 saturated carbocycles. The van der Waals surface area contributed by atoms with E-state index in [9.17, 15) is 9.90 Å². The van der Waals surface area contributed by atoms with Gasteiger partial charge < -0.3 is 25.2 Å². The van der Waals surface area contributed by atoms with Crippen LogP contribution in [0.15, 0.2) is 79.0 Å². The van der Waals surface area contributed by atoms with Gasteiger partial charge in [-0.05, 0) is 79.2 Å². The van der Waals surface area contributed by atoms with E-state index in [2.05, 4.69) is 43.2 Å². The maximum Gasteiger partial charge on any atom is 0.255 e. The Morgan fingerprint density at radius 3 is 2.68 bits per heavy atom. The minimum absolute atomic E-state index is 0.0818. The molecule has 8 nitrogen and oxygen atoms in total. The van der Waals surface area contributed by atoms with Gasteiger partial charge in [0.15, 0.2) is 0 Å². The van der Waals surface area contributed by atoms with Crippen LogP contribution >= 0.6 is 11.6 Å². The van der Waals surface area contributed by atoms with Crippen molar-refractivity contribution >= 4 is 34.2 Å². The Kier molecular flexibility index (Phi) is 7.69. The molecule has 6 rings (SSSR count). The number of pyridine rings is 1. The van der Waals surface area contributed by atoms with Crippen molar-refractivity contribution in [3.8, 4) is 28.3 Å². The maximum absolute atomic E-state index is 13.2. The molecule has 1 aliphatic heterocycles. The van der Waals surface area contributed by atoms with Gasteiger partial charge in [-0.25, -0.2) is 9.97 Å². The predicted octanol–water partition coefficient (Wildman–Crippen LogP) is 5.69. The average Bonchev–Trinajstić information content (AvgIpc) is 3.41. The van der Waals surface area contributed by atoms with Gasteiger partial charge in [0.05, 0.1) is 16.6 Å². The third-order valence-electron chi connectivity index (χ3n) is 7.56. The van der Waals surface area contributed by atoms with E-state index in [-0.39, 0.29) is 11.7 Å². The fourth-order valence-corrected chi connectivity index (χ4v) is 5.37. The lowest BCUT2D eigenvalue weighted by atomic mass is 10.0. The fourth-order valence-electron chi connectivity index (χ4n) is 5.14. The zero-order chi connectivity index (χ0) is 28.3. The zero-order valence-electron chi connectivity index (χ0n) is 22.8. The van der Waals surface area contributed by atoms with E-state index < -0.39 is 0 Å². The lowest BCUT2D eigenvalue weighted by molar-refractivity contribution is 0.102. The van der Waals surface area contributed by atoms with Crippen molar-refractivity contribution in [3.63, 3.8) is 0 Å². The van der Waals surface area contributed by atoms with Crippen LogP contribution in [0.25, 0.3) is 33.5 Å². The number of aromatic hydroxyl groups is 1. The minimum Gasteiger partial charge on any atom is -0.507 e. The number of aromatic nitrogens is 3. The van der Waals surface area contributed by atoms with Crippen LogP contribution in [0.3, 0.4) is 0 Å². The summed E-state index contributed by atoms with van der Waals surface area (Å²) in [6, 6.07) is 22.3. The molecular weight excluding hydrogens is 536 g/mol. The van der Waals surface area contributed by atoms with Gasteiger partial charge in [-0.2, -0.15) is 0 Å². The van der Waals surface area contributed by atoms with Crippen molar-refractivity contribution in [3.05, 3.63) is 95.3 Å². The van der Waals surface area contributed by atoms with Crippen LogP contribution in [0.1, 0.15) is 15.9 Å². The van der Waals surface area contributed by atoms with Crippen molar-refractivity contribution in [1.29, 1.82) is 0 Å². The number of amides is 1. The Hall–Kier alpha value is -4.24. The number of phenolic OH excluding ortho intramolecular Hbond substituents is 1. The number of likely N-dealkylation sites (N-methyl/N-ethyl adjacent to an activating group) is 1. The standard InChI is InChI=1S/C32H31ClN6O2/c1-38-14-16-39(17-15-38)13-11-21-4-2-5-24(18-21)35-32(41)23-7-9-27-28(20-23)37-31(36-27)26-19-22(8-10-29(26)40)25-6-3-12-34-30(25)33/h2-10,12,18-20,40H,11,13-17H2,1H3,(H,35,41)(H,36,37). The van der Waals surface area contributed by atoms with Crippen LogP contribution in [0.4, 0.5) is 5.69 Å². The molecule has 3 N–H and O–H groups in total. The summed E-state index contributed by atoms with van der Waals surface area (Å²) in [5, 5.41) is 14.0. The van der Waals surface area contributed by atoms with Crippen molar-refractivity contribution < 1.29 is 9.90 Å². The summed E-state index contributed by atoms with van der Waals surface area (Å²) in [6.45, 7) is 5.40. The number of hydrogen-bond donors (Lipinski definition) is 3. The Morgan fingerprint density at radius 1 is 1.00 bits per heavy atom. The number of aromatic amines is 1. The molecule has 1 fully saturated rings. The molecule has 5 aromatic rings. The quantitative estimate of drug-likeness (QED) is 0.219. The van der Waals surface area contributed by atoms with Gasteiger partial charge in [-0.15, -0.1) is 0 Å². The molecule has 0 unspecified atom stereocenters. The normalized spacial score (nSPS) is 14.4. The van der Waals surface area contributed by atoms with Gasteiger partial charge in [-0.1, -0.05) is 29.8 Å². The lowest BCUT2D eigenvalue weighted by Gasteiger charge is -2.32. The Balaban J connectivity index is 1.17. The summed E-state index contributed by atoms with van der Waals surface area (Å²) in [5.41, 5.74) is 5.95. The number of imidazole rings is 1. The monoisotopic (exact) mass is 566 g/mol. The second-order valence-electron chi connectivity index (χ2n) is 10.4. The number of benzene rings is 3. The van der Waals surface area contributed by atoms with Crippen molar-refractivity contribution in [2.24, 2.45) is 0 Å². The highest BCUT2D eigenvalue weighted by atomic mass is 35.5. The van der Waals surface area contributed by atoms with Crippen LogP contribution in [0.5, 0.6) is 5.75 Å². The number of piperazine rings is 1. The molecule has 0 aliphatic carbocycles. The first-order chi connectivity index (χ1) is 19.9. The van der Waals surface area contributed by atoms with Gasteiger partial charge in [0, 0.05) is 55.7 Å². The Bertz CT molecular complexity index is 1710. The summed E-state index contributed by atoms with van der Waals surface area (Å²) in [7, 11) is 2.16. The molecule has 1 saturated heterocycles. The number of nitrogens with one attached hydrogen (secondary N) is 2. The largest absolute Gasteiger partial charge is 0.507 e. The first-order valence-corrected chi connectivity index (χ1v) is 14.1. The Morgan fingerprint density at radius 2 is 1.85 bits per heavy atom. The minimum atomic E-state index is -0.199. The van der Waals surface area contributed by atoms with E-state index in [1.807, 2.05) is 36.4 Å². The highest BCUT2D eigenvalue weighted by molar-refractivity contribution is 6.32. The second-order valence-corrected chi connectivity index (χ2v) is 10.8. The topological polar surface area (TPSA) is 97.4 Å². The van der Waals surface area contributed by atoms with Gasteiger partial charge in [0.2, 0.25) is 0 Å². The molecule has 3 aromatic carbocycles. The molecule has 0 radical (unpaired) electrons. The molecule has 208 valence electrons. The smallest absolute Gasteiger partial charge is 0.255 e. The van der Waals surface area contributed by atoms with Crippen LogP contribution in [0.2, 0.25) is 5.15 Å². The molecule has 41 heavy (non-hydrogen) atoms. The number of halogens is 1. The summed E-state index contributed by atoms with van der Waals surface area (Å²) >= 11 is 6.29. The van der Waals surface area contributed by atoms with Gasteiger partial charge in [0.1, 0.15) is 16.7 Å². The summed E-state index contributed by atoms with van der Waals surface area (Å²) in [5.74, 6) is 0.374. The number of fused-ring (bicyclic) bond motifs is 1. The third kappa shape index (κ3) is 6.10. The fraction of sp³-hybridized carbons (Fsp3) is 0.219. The molecular formula is C32H31ClN6O2. The highest BCUT2D eigenvalue weighted by Gasteiger charge is 2.16. The predicted molar refractivity (Wildman–Crippen MR) is 163 cm³/mol. The molecule has 0 atom stereocenters. The van der Waals surface area contributed by atoms with Crippen molar-refractivity contribution in [2.45, 2.75) is 6.42 Å². The van der Waals surface area contributed by atoms with Crippen molar-refractivity contribution in [2.75, 3.05) is 45.1 Å². The van der Waals surface area contributed by atoms with E-state index >= 15 is 0 Å². The van der Waals surface area contributed by atoms with E-state index in [0.29, 0.717) is 33.1 Å². The van der Waals surface area contributed by atoms with Crippen LogP contribution in [-0.2, 0) is 6.42 Å². The highest BCUT2D eigenvalue weighted by Crippen LogP contribution is 2.35. The zero-order valence-corrected chi connectivity index (χ0v) is 23.5.